The van der Waals surface area contributed by atoms with Gasteiger partial charge in [0.2, 0.25) is 0 Å². The monoisotopic (exact) mass is 292 g/mol. The van der Waals surface area contributed by atoms with E-state index in [1.165, 1.54) is 10.8 Å². The maximum atomic E-state index is 5.79. The van der Waals surface area contributed by atoms with Crippen molar-refractivity contribution in [2.24, 2.45) is 5.92 Å². The van der Waals surface area contributed by atoms with Gasteiger partial charge in [0.05, 0.1) is 6.61 Å². The van der Waals surface area contributed by atoms with Crippen molar-refractivity contribution in [3.8, 4) is 5.75 Å². The molecule has 90 valence electrons. The summed E-state index contributed by atoms with van der Waals surface area (Å²) < 4.78 is 6.89. The number of benzene rings is 2. The first-order chi connectivity index (χ1) is 8.19. The lowest BCUT2D eigenvalue weighted by atomic mass is 10.1. The summed E-state index contributed by atoms with van der Waals surface area (Å²) in [5, 5.41) is 2.45. The van der Waals surface area contributed by atoms with Crippen molar-refractivity contribution in [3.05, 3.63) is 40.9 Å². The molecule has 1 atom stereocenters. The van der Waals surface area contributed by atoms with Crippen molar-refractivity contribution >= 4 is 26.7 Å². The van der Waals surface area contributed by atoms with Crippen LogP contribution in [0.4, 0.5) is 0 Å². The van der Waals surface area contributed by atoms with Crippen LogP contribution < -0.4 is 4.74 Å². The first-order valence-electron chi connectivity index (χ1n) is 6.01. The molecule has 0 saturated carbocycles. The lowest BCUT2D eigenvalue weighted by Gasteiger charge is -2.11. The first-order valence-corrected chi connectivity index (χ1v) is 6.80. The summed E-state index contributed by atoms with van der Waals surface area (Å²) in [6.45, 7) is 5.18. The van der Waals surface area contributed by atoms with Crippen LogP contribution in [0.15, 0.2) is 40.9 Å². The number of hydrogen-bond acceptors (Lipinski definition) is 1. The molecule has 0 N–H and O–H groups in total. The Bertz CT molecular complexity index is 507. The number of halogens is 1. The van der Waals surface area contributed by atoms with Crippen LogP contribution in [-0.2, 0) is 0 Å². The molecule has 1 nitrogen and oxygen atoms in total. The molecule has 0 amide bonds. The van der Waals surface area contributed by atoms with Crippen molar-refractivity contribution in [1.29, 1.82) is 0 Å². The van der Waals surface area contributed by atoms with Gasteiger partial charge in [-0.05, 0) is 41.0 Å². The van der Waals surface area contributed by atoms with Crippen LogP contribution >= 0.6 is 15.9 Å². The molecule has 0 aliphatic rings. The number of ether oxygens (including phenoxy) is 1. The lowest BCUT2D eigenvalue weighted by molar-refractivity contribution is 0.257. The lowest BCUT2D eigenvalue weighted by Crippen LogP contribution is -2.06. The zero-order valence-electron chi connectivity index (χ0n) is 10.2. The highest BCUT2D eigenvalue weighted by Crippen LogP contribution is 2.24. The maximum absolute atomic E-state index is 5.79. The number of rotatable bonds is 4. The average molecular weight is 293 g/mol. The van der Waals surface area contributed by atoms with Crippen molar-refractivity contribution in [1.82, 2.24) is 0 Å². The molecule has 17 heavy (non-hydrogen) atoms. The van der Waals surface area contributed by atoms with Gasteiger partial charge in [0.1, 0.15) is 5.75 Å². The Morgan fingerprint density at radius 1 is 1.12 bits per heavy atom. The molecule has 2 heteroatoms. The predicted molar refractivity (Wildman–Crippen MR) is 76.6 cm³/mol. The number of hydrogen-bond donors (Lipinski definition) is 0. The number of fused-ring (bicyclic) bond motifs is 1. The minimum absolute atomic E-state index is 0.607. The zero-order valence-corrected chi connectivity index (χ0v) is 11.8. The normalized spacial score (nSPS) is 12.6. The van der Waals surface area contributed by atoms with Gasteiger partial charge >= 0.3 is 0 Å². The van der Waals surface area contributed by atoms with Crippen molar-refractivity contribution in [2.45, 2.75) is 20.3 Å². The van der Waals surface area contributed by atoms with E-state index in [9.17, 15) is 0 Å². The van der Waals surface area contributed by atoms with Crippen molar-refractivity contribution < 1.29 is 4.74 Å². The minimum atomic E-state index is 0.607. The Morgan fingerprint density at radius 2 is 1.82 bits per heavy atom. The second-order valence-corrected chi connectivity index (χ2v) is 5.39. The topological polar surface area (TPSA) is 9.23 Å². The predicted octanol–water partition coefficient (Wildman–Crippen LogP) is 5.03. The van der Waals surface area contributed by atoms with Gasteiger partial charge in [0.25, 0.3) is 0 Å². The summed E-state index contributed by atoms with van der Waals surface area (Å²) >= 11 is 3.48. The summed E-state index contributed by atoms with van der Waals surface area (Å²) in [5.74, 6) is 1.57. The standard InChI is InChI=1S/C15H17BrO/c1-3-11(2)10-17-15-7-5-12-8-14(16)6-4-13(12)9-15/h4-9,11H,3,10H2,1-2H3/t11-/m0/s1. The third kappa shape index (κ3) is 3.22. The molecule has 0 aliphatic carbocycles. The van der Waals surface area contributed by atoms with Gasteiger partial charge in [-0.2, -0.15) is 0 Å². The summed E-state index contributed by atoms with van der Waals surface area (Å²) in [5.41, 5.74) is 0. The highest BCUT2D eigenvalue weighted by atomic mass is 79.9. The summed E-state index contributed by atoms with van der Waals surface area (Å²) in [4.78, 5) is 0. The van der Waals surface area contributed by atoms with E-state index >= 15 is 0 Å². The average Bonchev–Trinajstić information content (AvgIpc) is 2.35. The van der Waals surface area contributed by atoms with Crippen LogP contribution in [0.2, 0.25) is 0 Å². The maximum Gasteiger partial charge on any atom is 0.119 e. The highest BCUT2D eigenvalue weighted by molar-refractivity contribution is 9.10. The molecule has 2 rings (SSSR count). The van der Waals surface area contributed by atoms with E-state index < -0.39 is 0 Å². The fourth-order valence-corrected chi connectivity index (χ4v) is 2.02. The zero-order chi connectivity index (χ0) is 12.3. The van der Waals surface area contributed by atoms with Gasteiger partial charge < -0.3 is 4.74 Å². The summed E-state index contributed by atoms with van der Waals surface area (Å²) in [7, 11) is 0. The van der Waals surface area contributed by atoms with Crippen molar-refractivity contribution in [2.75, 3.05) is 6.61 Å². The minimum Gasteiger partial charge on any atom is -0.493 e. The highest BCUT2D eigenvalue weighted by Gasteiger charge is 2.01. The van der Waals surface area contributed by atoms with Crippen LogP contribution in [0.1, 0.15) is 20.3 Å². The third-order valence-corrected chi connectivity index (χ3v) is 3.50. The third-order valence-electron chi connectivity index (χ3n) is 3.01. The molecule has 0 spiro atoms. The van der Waals surface area contributed by atoms with E-state index in [0.717, 1.165) is 23.2 Å². The van der Waals surface area contributed by atoms with Gasteiger partial charge in [0, 0.05) is 4.47 Å². The van der Waals surface area contributed by atoms with E-state index in [2.05, 4.69) is 60.1 Å². The van der Waals surface area contributed by atoms with E-state index in [-0.39, 0.29) is 0 Å². The summed E-state index contributed by atoms with van der Waals surface area (Å²) in [6, 6.07) is 12.5. The fraction of sp³-hybridized carbons (Fsp3) is 0.333. The summed E-state index contributed by atoms with van der Waals surface area (Å²) in [6.07, 6.45) is 1.15. The molecule has 0 aromatic heterocycles. The van der Waals surface area contributed by atoms with Gasteiger partial charge in [-0.1, -0.05) is 48.3 Å². The Balaban J connectivity index is 2.17. The molecule has 0 unspecified atom stereocenters. The molecule has 2 aromatic rings. The molecular weight excluding hydrogens is 276 g/mol. The van der Waals surface area contributed by atoms with Gasteiger partial charge in [-0.25, -0.2) is 0 Å². The van der Waals surface area contributed by atoms with Crippen LogP contribution in [0, 0.1) is 5.92 Å². The van der Waals surface area contributed by atoms with Gasteiger partial charge in [-0.3, -0.25) is 0 Å². The smallest absolute Gasteiger partial charge is 0.119 e. The first kappa shape index (κ1) is 12.4. The van der Waals surface area contributed by atoms with Crippen molar-refractivity contribution in [3.63, 3.8) is 0 Å². The van der Waals surface area contributed by atoms with E-state index in [4.69, 9.17) is 4.74 Å². The second-order valence-electron chi connectivity index (χ2n) is 4.48. The van der Waals surface area contributed by atoms with Crippen LogP contribution in [0.5, 0.6) is 5.75 Å². The van der Waals surface area contributed by atoms with Crippen LogP contribution in [-0.4, -0.2) is 6.61 Å². The van der Waals surface area contributed by atoms with Crippen LogP contribution in [0.25, 0.3) is 10.8 Å². The van der Waals surface area contributed by atoms with Gasteiger partial charge in [0.15, 0.2) is 0 Å². The van der Waals surface area contributed by atoms with Gasteiger partial charge in [-0.15, -0.1) is 0 Å². The molecule has 0 aliphatic heterocycles. The molecule has 2 aromatic carbocycles. The van der Waals surface area contributed by atoms with E-state index in [0.29, 0.717) is 5.92 Å². The Labute approximate surface area is 111 Å². The Morgan fingerprint density at radius 3 is 2.59 bits per heavy atom. The molecule has 0 heterocycles. The Kier molecular flexibility index (Phi) is 4.06. The van der Waals surface area contributed by atoms with E-state index in [1.54, 1.807) is 0 Å². The molecule has 0 fully saturated rings. The molecule has 0 bridgehead atoms. The second kappa shape index (κ2) is 5.54. The fourth-order valence-electron chi connectivity index (χ4n) is 1.64. The van der Waals surface area contributed by atoms with E-state index in [1.807, 2.05) is 6.07 Å². The SMILES string of the molecule is CC[C@H](C)COc1ccc2cc(Br)ccc2c1. The molecular formula is C15H17BrO. The van der Waals surface area contributed by atoms with Crippen LogP contribution in [0.3, 0.4) is 0 Å². The quantitative estimate of drug-likeness (QED) is 0.768. The largest absolute Gasteiger partial charge is 0.493 e. The Hall–Kier alpha value is -1.02. The molecule has 0 saturated heterocycles. The molecule has 0 radical (unpaired) electrons.